The summed E-state index contributed by atoms with van der Waals surface area (Å²) in [6.07, 6.45) is 0.307. The number of methoxy groups -OCH3 is 1. The molecule has 1 amide bonds. The monoisotopic (exact) mass is 233 g/mol. The molecule has 2 radical (unpaired) electrons. The molecule has 0 saturated heterocycles. The Bertz CT molecular complexity index is 382. The average Bonchev–Trinajstić information content (AvgIpc) is 2.29. The Kier molecular flexibility index (Phi) is 5.40. The Balaban J connectivity index is 2.42. The van der Waals surface area contributed by atoms with E-state index in [1.807, 2.05) is 18.2 Å². The second-order valence-corrected chi connectivity index (χ2v) is 3.47. The molecule has 0 heterocycles. The van der Waals surface area contributed by atoms with Crippen molar-refractivity contribution in [2.45, 2.75) is 13.3 Å². The first-order chi connectivity index (χ1) is 8.17. The molecule has 5 heteroatoms. The molecule has 0 aliphatic carbocycles. The number of hydrogen-bond acceptors (Lipinski definition) is 3. The van der Waals surface area contributed by atoms with Gasteiger partial charge in [0.05, 0.1) is 13.7 Å². The molecule has 0 aromatic heterocycles. The van der Waals surface area contributed by atoms with Gasteiger partial charge in [-0.1, -0.05) is 17.6 Å². The van der Waals surface area contributed by atoms with Crippen LogP contribution in [-0.4, -0.2) is 34.2 Å². The van der Waals surface area contributed by atoms with E-state index in [9.17, 15) is 4.79 Å². The number of amides is 1. The van der Waals surface area contributed by atoms with Gasteiger partial charge < -0.3 is 14.8 Å². The van der Waals surface area contributed by atoms with E-state index in [1.54, 1.807) is 14.0 Å². The van der Waals surface area contributed by atoms with Crippen molar-refractivity contribution < 1.29 is 14.3 Å². The van der Waals surface area contributed by atoms with Gasteiger partial charge in [0.2, 0.25) is 0 Å². The maximum atomic E-state index is 11.0. The molecule has 0 aliphatic rings. The molecule has 1 aromatic rings. The molecule has 17 heavy (non-hydrogen) atoms. The lowest BCUT2D eigenvalue weighted by Crippen LogP contribution is -2.26. The summed E-state index contributed by atoms with van der Waals surface area (Å²) in [5.41, 5.74) is 1.64. The summed E-state index contributed by atoms with van der Waals surface area (Å²) in [6, 6.07) is 5.57. The van der Waals surface area contributed by atoms with Crippen LogP contribution in [0.25, 0.3) is 0 Å². The molecule has 1 rings (SSSR count). The Morgan fingerprint density at radius 1 is 1.47 bits per heavy atom. The van der Waals surface area contributed by atoms with Crippen molar-refractivity contribution in [3.8, 4) is 5.75 Å². The molecule has 0 spiro atoms. The number of carbonyl (C=O) groups is 1. The molecular weight excluding hydrogens is 217 g/mol. The van der Waals surface area contributed by atoms with Crippen LogP contribution in [0.15, 0.2) is 18.2 Å². The van der Waals surface area contributed by atoms with Crippen LogP contribution < -0.4 is 15.5 Å². The van der Waals surface area contributed by atoms with Gasteiger partial charge in [-0.2, -0.15) is 0 Å². The summed E-state index contributed by atoms with van der Waals surface area (Å²) in [7, 11) is 7.35. The number of rotatable bonds is 5. The molecule has 1 N–H and O–H groups in total. The van der Waals surface area contributed by atoms with E-state index in [2.05, 4.69) is 5.32 Å². The van der Waals surface area contributed by atoms with Crippen LogP contribution >= 0.6 is 0 Å². The van der Waals surface area contributed by atoms with E-state index in [0.717, 1.165) is 5.56 Å². The predicted octanol–water partition coefficient (Wildman–Crippen LogP) is 0.778. The largest absolute Gasteiger partial charge is 0.497 e. The lowest BCUT2D eigenvalue weighted by Gasteiger charge is -2.08. The number of nitrogens with one attached hydrogen (secondary N) is 1. The molecule has 90 valence electrons. The van der Waals surface area contributed by atoms with Gasteiger partial charge in [0.25, 0.3) is 0 Å². The SMILES string of the molecule is [B]c1cc(CCNC(=O)OCC)ccc1OC. The van der Waals surface area contributed by atoms with Crippen molar-refractivity contribution in [2.24, 2.45) is 0 Å². The minimum absolute atomic E-state index is 0.376. The fourth-order valence-corrected chi connectivity index (χ4v) is 1.43. The summed E-state index contributed by atoms with van der Waals surface area (Å²) in [6.45, 7) is 2.66. The Morgan fingerprint density at radius 3 is 2.82 bits per heavy atom. The molecule has 0 atom stereocenters. The van der Waals surface area contributed by atoms with Crippen LogP contribution in [0.3, 0.4) is 0 Å². The number of carbonyl (C=O) groups excluding carboxylic acids is 1. The van der Waals surface area contributed by atoms with Gasteiger partial charge in [-0.15, -0.1) is 0 Å². The van der Waals surface area contributed by atoms with E-state index < -0.39 is 6.09 Å². The van der Waals surface area contributed by atoms with E-state index in [4.69, 9.17) is 17.3 Å². The quantitative estimate of drug-likeness (QED) is 0.764. The second kappa shape index (κ2) is 6.83. The maximum absolute atomic E-state index is 11.0. The zero-order valence-corrected chi connectivity index (χ0v) is 10.2. The first kappa shape index (κ1) is 13.4. The summed E-state index contributed by atoms with van der Waals surface area (Å²) in [5, 5.41) is 2.65. The first-order valence-electron chi connectivity index (χ1n) is 5.50. The normalized spacial score (nSPS) is 9.76. The molecular formula is C12H16BNO3. The third-order valence-electron chi connectivity index (χ3n) is 2.25. The average molecular weight is 233 g/mol. The highest BCUT2D eigenvalue weighted by Gasteiger charge is 2.02. The van der Waals surface area contributed by atoms with E-state index >= 15 is 0 Å². The predicted molar refractivity (Wildman–Crippen MR) is 67.1 cm³/mol. The fraction of sp³-hybridized carbons (Fsp3) is 0.417. The highest BCUT2D eigenvalue weighted by molar-refractivity contribution is 6.34. The summed E-state index contributed by atoms with van der Waals surface area (Å²) in [4.78, 5) is 11.0. The number of ether oxygens (including phenoxy) is 2. The Hall–Kier alpha value is -1.65. The number of alkyl carbamates (subject to hydrolysis) is 1. The summed E-state index contributed by atoms with van der Waals surface area (Å²) < 4.78 is 9.81. The lowest BCUT2D eigenvalue weighted by atomic mass is 9.92. The van der Waals surface area contributed by atoms with Crippen molar-refractivity contribution in [1.82, 2.24) is 5.32 Å². The maximum Gasteiger partial charge on any atom is 0.407 e. The van der Waals surface area contributed by atoms with Gasteiger partial charge in [-0.25, -0.2) is 4.79 Å². The molecule has 0 saturated carbocycles. The topological polar surface area (TPSA) is 47.6 Å². The third kappa shape index (κ3) is 4.38. The molecule has 4 nitrogen and oxygen atoms in total. The van der Waals surface area contributed by atoms with Crippen LogP contribution in [0.1, 0.15) is 12.5 Å². The second-order valence-electron chi connectivity index (χ2n) is 3.47. The molecule has 0 fully saturated rings. The van der Waals surface area contributed by atoms with Crippen molar-refractivity contribution in [3.63, 3.8) is 0 Å². The number of benzene rings is 1. The lowest BCUT2D eigenvalue weighted by molar-refractivity contribution is 0.152. The first-order valence-corrected chi connectivity index (χ1v) is 5.50. The van der Waals surface area contributed by atoms with Crippen LogP contribution in [0.2, 0.25) is 0 Å². The van der Waals surface area contributed by atoms with Crippen LogP contribution in [-0.2, 0) is 11.2 Å². The van der Waals surface area contributed by atoms with Gasteiger partial charge in [0.15, 0.2) is 0 Å². The fourth-order valence-electron chi connectivity index (χ4n) is 1.43. The smallest absolute Gasteiger partial charge is 0.407 e. The van der Waals surface area contributed by atoms with E-state index in [-0.39, 0.29) is 0 Å². The van der Waals surface area contributed by atoms with Gasteiger partial charge >= 0.3 is 6.09 Å². The molecule has 0 unspecified atom stereocenters. The molecule has 0 bridgehead atoms. The molecule has 1 aromatic carbocycles. The van der Waals surface area contributed by atoms with Crippen molar-refractivity contribution in [1.29, 1.82) is 0 Å². The summed E-state index contributed by atoms with van der Waals surface area (Å²) >= 11 is 0. The van der Waals surface area contributed by atoms with Crippen LogP contribution in [0.5, 0.6) is 5.75 Å². The number of hydrogen-bond donors (Lipinski definition) is 1. The standard InChI is InChI=1S/C12H16BNO3/c1-3-17-12(15)14-7-6-9-4-5-11(16-2)10(13)8-9/h4-5,8H,3,6-7H2,1-2H3,(H,14,15). The Labute approximate surface area is 103 Å². The van der Waals surface area contributed by atoms with Gasteiger partial charge in [-0.3, -0.25) is 0 Å². The third-order valence-corrected chi connectivity index (χ3v) is 2.25. The van der Waals surface area contributed by atoms with Crippen molar-refractivity contribution in [2.75, 3.05) is 20.3 Å². The minimum atomic E-state index is -0.394. The zero-order chi connectivity index (χ0) is 12.7. The van der Waals surface area contributed by atoms with E-state index in [0.29, 0.717) is 30.8 Å². The highest BCUT2D eigenvalue weighted by Crippen LogP contribution is 2.08. The van der Waals surface area contributed by atoms with Crippen LogP contribution in [0, 0.1) is 0 Å². The Morgan fingerprint density at radius 2 is 2.24 bits per heavy atom. The van der Waals surface area contributed by atoms with E-state index in [1.165, 1.54) is 0 Å². The zero-order valence-electron chi connectivity index (χ0n) is 10.2. The van der Waals surface area contributed by atoms with Gasteiger partial charge in [0, 0.05) is 6.54 Å². The highest BCUT2D eigenvalue weighted by atomic mass is 16.5. The summed E-state index contributed by atoms with van der Waals surface area (Å²) in [5.74, 6) is 0.659. The van der Waals surface area contributed by atoms with Crippen molar-refractivity contribution in [3.05, 3.63) is 23.8 Å². The van der Waals surface area contributed by atoms with Crippen LogP contribution in [0.4, 0.5) is 4.79 Å². The van der Waals surface area contributed by atoms with Gasteiger partial charge in [0.1, 0.15) is 13.6 Å². The van der Waals surface area contributed by atoms with Crippen molar-refractivity contribution >= 4 is 19.4 Å². The van der Waals surface area contributed by atoms with Gasteiger partial charge in [-0.05, 0) is 25.0 Å². The molecule has 0 aliphatic heterocycles. The minimum Gasteiger partial charge on any atom is -0.497 e.